The third-order valence-electron chi connectivity index (χ3n) is 0. The number of rotatable bonds is 0. The maximum atomic E-state index is 0. The van der Waals surface area contributed by atoms with Crippen LogP contribution >= 0.6 is 0 Å². The monoisotopic (exact) mass is 964 g/mol. The topological polar surface area (TPSA) is 0 Å². The summed E-state index contributed by atoms with van der Waals surface area (Å²) in [5.74, 6) is 0. The molecule has 10 radical (unpaired) electrons. The molecule has 0 unspecified atom stereocenters. The van der Waals surface area contributed by atoms with Crippen molar-refractivity contribution in [3.05, 3.63) is 37.1 Å². The van der Waals surface area contributed by atoms with E-state index in [0.29, 0.717) is 0 Å². The van der Waals surface area contributed by atoms with E-state index in [1.54, 1.807) is 0 Å². The van der Waals surface area contributed by atoms with E-state index >= 15 is 0 Å². The fraction of sp³-hybridized carbons (Fsp3) is 0. The van der Waals surface area contributed by atoms with Gasteiger partial charge in [-0.2, -0.15) is 0 Å². The van der Waals surface area contributed by atoms with Crippen LogP contribution in [0, 0.1) is 37.1 Å². The molecule has 0 nitrogen and oxygen atoms in total. The van der Waals surface area contributed by atoms with Crippen LogP contribution < -0.4 is 0 Å². The van der Waals surface area contributed by atoms with Crippen molar-refractivity contribution < 1.29 is 327 Å². The van der Waals surface area contributed by atoms with Gasteiger partial charge < -0.3 is 29.7 Å². The maximum Gasteiger partial charge on any atom is 0.0467 e. The van der Waals surface area contributed by atoms with Crippen LogP contribution in [0.4, 0.5) is 0 Å². The van der Waals surface area contributed by atoms with Crippen molar-refractivity contribution in [2.24, 2.45) is 0 Å². The van der Waals surface area contributed by atoms with Gasteiger partial charge in [0.05, 0.1) is 0 Å². The second kappa shape index (κ2) is 120. The molecule has 10 heteroatoms. The van der Waals surface area contributed by atoms with Crippen LogP contribution in [0.15, 0.2) is 0 Å². The van der Waals surface area contributed by atoms with E-state index in [1.165, 1.54) is 0 Å². The summed E-state index contributed by atoms with van der Waals surface area (Å²) in [6, 6.07) is 0. The summed E-state index contributed by atoms with van der Waals surface area (Å²) in [5, 5.41) is 0. The number of hydrogen-bond donors (Lipinski definition) is 0. The van der Waals surface area contributed by atoms with Gasteiger partial charge in [-0.3, -0.25) is 0 Å². The largest absolute Gasteiger partial charge is 0.358 e. The van der Waals surface area contributed by atoms with E-state index in [4.69, 9.17) is 0 Å². The second-order valence-electron chi connectivity index (χ2n) is 0. The molecular weight excluding hydrogens is 949 g/mol. The van der Waals surface area contributed by atoms with Crippen LogP contribution in [0.3, 0.4) is 0 Å². The smallest absolute Gasteiger partial charge is 0.0467 e. The Morgan fingerprint density at radius 2 is 0.200 bits per heavy atom. The van der Waals surface area contributed by atoms with Crippen molar-refractivity contribution in [1.29, 1.82) is 0 Å². The van der Waals surface area contributed by atoms with Crippen LogP contribution in [0.1, 0.15) is 0 Å². The van der Waals surface area contributed by atoms with Crippen LogP contribution in [-0.2, 0) is 327 Å². The molecule has 0 aliphatic rings. The van der Waals surface area contributed by atoms with Crippen molar-refractivity contribution >= 4 is 0 Å². The van der Waals surface area contributed by atoms with Gasteiger partial charge in [0.25, 0.3) is 0 Å². The molecule has 0 aromatic heterocycles. The Balaban J connectivity index is 0. The third-order valence-corrected chi connectivity index (χ3v) is 0. The van der Waals surface area contributed by atoms with Crippen LogP contribution in [-0.4, -0.2) is 0 Å². The first kappa shape index (κ1) is 135. The molecule has 15 heavy (non-hydrogen) atoms. The molecule has 0 aliphatic carbocycles. The van der Waals surface area contributed by atoms with Crippen molar-refractivity contribution in [3.8, 4) is 0 Å². The van der Waals surface area contributed by atoms with Crippen LogP contribution in [0.25, 0.3) is 0 Å². The summed E-state index contributed by atoms with van der Waals surface area (Å²) in [4.78, 5) is 0. The molecule has 68 valence electrons. The zero-order valence-electron chi connectivity index (χ0n) is 10.8. The fourth-order valence-electron chi connectivity index (χ4n) is 0. The Bertz CT molecular complexity index is 13.8. The number of hydrogen-bond acceptors (Lipinski definition) is 0. The fourth-order valence-corrected chi connectivity index (χ4v) is 0. The SMILES string of the molecule is [CH3+].[CH3-].[CH3-].[CH3-].[CH3-].[Y].[Y].[Y].[Y].[Y].[Y].[Y].[Y].[Y].[Y]. The van der Waals surface area contributed by atoms with E-state index in [0.717, 1.165) is 0 Å². The summed E-state index contributed by atoms with van der Waals surface area (Å²) in [6.45, 7) is 0. The van der Waals surface area contributed by atoms with Gasteiger partial charge in [0.2, 0.25) is 0 Å². The molecule has 0 N–H and O–H groups in total. The molecule has 0 amide bonds. The first-order valence-corrected chi connectivity index (χ1v) is 0. The second-order valence-corrected chi connectivity index (χ2v) is 0. The summed E-state index contributed by atoms with van der Waals surface area (Å²) < 4.78 is 0. The van der Waals surface area contributed by atoms with Gasteiger partial charge in [-0.1, -0.05) is 0 Å². The molecular formula is C5H15Y10-3. The molecule has 0 rings (SSSR count). The predicted molar refractivity (Wildman–Crippen MR) is 32.1 cm³/mol. The van der Waals surface area contributed by atoms with Crippen LogP contribution in [0.2, 0.25) is 0 Å². The van der Waals surface area contributed by atoms with Gasteiger partial charge in [-0.15, -0.1) is 0 Å². The van der Waals surface area contributed by atoms with Crippen molar-refractivity contribution in [2.45, 2.75) is 0 Å². The summed E-state index contributed by atoms with van der Waals surface area (Å²) in [6.07, 6.45) is 0. The Morgan fingerprint density at radius 1 is 0.200 bits per heavy atom. The molecule has 0 aromatic carbocycles. The standard InChI is InChI=1S/5CH3.10Y/h5*1H3;;;;;;;;;;/q4*-1;+1;;;;;;;;;;. The van der Waals surface area contributed by atoms with E-state index in [1.807, 2.05) is 0 Å². The Morgan fingerprint density at radius 3 is 0.200 bits per heavy atom. The molecule has 0 bridgehead atoms. The van der Waals surface area contributed by atoms with E-state index in [2.05, 4.69) is 0 Å². The molecule has 0 fully saturated rings. The Labute approximate surface area is 352 Å². The predicted octanol–water partition coefficient (Wildman–Crippen LogP) is 2.23. The Kier molecular flexibility index (Phi) is 1080. The minimum Gasteiger partial charge on any atom is -0.358 e. The van der Waals surface area contributed by atoms with Gasteiger partial charge >= 0.3 is 0 Å². The van der Waals surface area contributed by atoms with Crippen molar-refractivity contribution in [2.75, 3.05) is 0 Å². The quantitative estimate of drug-likeness (QED) is 0.328. The van der Waals surface area contributed by atoms with E-state index in [9.17, 15) is 0 Å². The maximum absolute atomic E-state index is 0. The van der Waals surface area contributed by atoms with Crippen molar-refractivity contribution in [1.82, 2.24) is 0 Å². The van der Waals surface area contributed by atoms with Gasteiger partial charge in [0, 0.05) is 335 Å². The molecule has 0 saturated heterocycles. The average molecular weight is 964 g/mol. The third kappa shape index (κ3) is 110. The van der Waals surface area contributed by atoms with Gasteiger partial charge in [0.1, 0.15) is 0 Å². The molecule has 0 spiro atoms. The average Bonchev–Trinajstić information content (AvgIpc) is 0. The Hall–Kier alpha value is 10.9. The summed E-state index contributed by atoms with van der Waals surface area (Å²) in [5.41, 5.74) is 0. The molecule has 0 heterocycles. The zero-order valence-corrected chi connectivity index (χ0v) is 39.2. The minimum absolute atomic E-state index is 0. The molecule has 0 aromatic rings. The molecule has 0 saturated carbocycles. The van der Waals surface area contributed by atoms with Crippen molar-refractivity contribution in [3.63, 3.8) is 0 Å². The molecule has 0 aliphatic heterocycles. The van der Waals surface area contributed by atoms with E-state index in [-0.39, 0.29) is 364 Å². The first-order valence-electron chi connectivity index (χ1n) is 0. The van der Waals surface area contributed by atoms with Gasteiger partial charge in [-0.05, 0) is 0 Å². The van der Waals surface area contributed by atoms with Gasteiger partial charge in [-0.25, -0.2) is 0 Å². The molecule has 0 atom stereocenters. The minimum atomic E-state index is 0. The van der Waals surface area contributed by atoms with E-state index < -0.39 is 0 Å². The summed E-state index contributed by atoms with van der Waals surface area (Å²) >= 11 is 0. The zero-order chi connectivity index (χ0) is 0. The summed E-state index contributed by atoms with van der Waals surface area (Å²) in [7, 11) is 0. The van der Waals surface area contributed by atoms with Gasteiger partial charge in [0.15, 0.2) is 0 Å². The van der Waals surface area contributed by atoms with Crippen LogP contribution in [0.5, 0.6) is 0 Å². The first-order chi connectivity index (χ1) is 0. The normalized spacial score (nSPS) is 0.